The Morgan fingerprint density at radius 2 is 2.04 bits per heavy atom. The Kier molecular flexibility index (Phi) is 6.26. The second-order valence-corrected chi connectivity index (χ2v) is 5.72. The van der Waals surface area contributed by atoms with Gasteiger partial charge in [0.15, 0.2) is 17.4 Å². The van der Waals surface area contributed by atoms with Crippen LogP contribution in [0.4, 0.5) is 5.69 Å². The van der Waals surface area contributed by atoms with Crippen LogP contribution in [0.5, 0.6) is 0 Å². The number of benzene rings is 1. The standard InChI is InChI=1S/C17H17N3O4S/c1-2-18-17(25)15(19-9-3-4-12(10-19)11-21)16(22)13-5-7-14(8-6-13)20(23)24/h3-10,15,21H,2,11H2,1H3/p+1. The van der Waals surface area contributed by atoms with Crippen LogP contribution in [0.25, 0.3) is 0 Å². The van der Waals surface area contributed by atoms with Crippen LogP contribution < -0.4 is 9.88 Å². The summed E-state index contributed by atoms with van der Waals surface area (Å²) in [5, 5.41) is 23.1. The van der Waals surface area contributed by atoms with Crippen molar-refractivity contribution in [2.24, 2.45) is 0 Å². The number of likely N-dealkylation sites (N-methyl/N-ethyl adjacent to an activating group) is 1. The number of hydrogen-bond donors (Lipinski definition) is 2. The van der Waals surface area contributed by atoms with Crippen molar-refractivity contribution >= 4 is 28.7 Å². The highest BCUT2D eigenvalue weighted by molar-refractivity contribution is 7.80. The molecule has 0 amide bonds. The van der Waals surface area contributed by atoms with Gasteiger partial charge in [0.25, 0.3) is 11.7 Å². The number of aliphatic hydroxyl groups is 1. The SMILES string of the molecule is CCNC(=S)C(C(=O)c1ccc([N+](=O)[O-])cc1)[n+]1cccc(CO)c1. The number of nitrogens with one attached hydrogen (secondary N) is 1. The Morgan fingerprint density at radius 3 is 2.60 bits per heavy atom. The number of carbonyl (C=O) groups excluding carboxylic acids is 1. The van der Waals surface area contributed by atoms with Gasteiger partial charge < -0.3 is 10.4 Å². The first-order valence-corrected chi connectivity index (χ1v) is 8.05. The first-order valence-electron chi connectivity index (χ1n) is 7.64. The summed E-state index contributed by atoms with van der Waals surface area (Å²) in [6, 6.07) is 8.06. The Hall–Kier alpha value is -2.71. The zero-order chi connectivity index (χ0) is 18.4. The summed E-state index contributed by atoms with van der Waals surface area (Å²) in [6.45, 7) is 2.27. The number of pyridine rings is 1. The second kappa shape index (κ2) is 8.41. The van der Waals surface area contributed by atoms with Gasteiger partial charge in [0.2, 0.25) is 5.78 Å². The molecular formula is C17H18N3O4S+. The molecule has 0 aliphatic heterocycles. The highest BCUT2D eigenvalue weighted by atomic mass is 32.1. The number of nitro groups is 1. The lowest BCUT2D eigenvalue weighted by molar-refractivity contribution is -0.692. The van der Waals surface area contributed by atoms with Gasteiger partial charge in [0, 0.05) is 35.9 Å². The van der Waals surface area contributed by atoms with Gasteiger partial charge in [-0.25, -0.2) is 0 Å². The maximum atomic E-state index is 13.0. The van der Waals surface area contributed by atoms with Crippen molar-refractivity contribution in [3.8, 4) is 0 Å². The highest BCUT2D eigenvalue weighted by Gasteiger charge is 2.33. The lowest BCUT2D eigenvalue weighted by Crippen LogP contribution is -2.51. The van der Waals surface area contributed by atoms with E-state index in [0.29, 0.717) is 22.7 Å². The van der Waals surface area contributed by atoms with E-state index in [-0.39, 0.29) is 18.1 Å². The molecule has 7 nitrogen and oxygen atoms in total. The van der Waals surface area contributed by atoms with Gasteiger partial charge in [-0.05, 0) is 25.1 Å². The number of aliphatic hydroxyl groups excluding tert-OH is 1. The van der Waals surface area contributed by atoms with E-state index in [1.54, 1.807) is 29.1 Å². The molecule has 0 fully saturated rings. The third-order valence-electron chi connectivity index (χ3n) is 3.57. The Bertz CT molecular complexity index is 793. The van der Waals surface area contributed by atoms with Crippen LogP contribution >= 0.6 is 12.2 Å². The maximum Gasteiger partial charge on any atom is 0.270 e. The molecule has 0 aliphatic carbocycles. The van der Waals surface area contributed by atoms with Crippen LogP contribution in [-0.4, -0.2) is 27.3 Å². The molecule has 1 atom stereocenters. The van der Waals surface area contributed by atoms with Gasteiger partial charge >= 0.3 is 0 Å². The largest absolute Gasteiger partial charge is 0.391 e. The predicted molar refractivity (Wildman–Crippen MR) is 95.3 cm³/mol. The van der Waals surface area contributed by atoms with Crippen LogP contribution in [0.1, 0.15) is 28.9 Å². The summed E-state index contributed by atoms with van der Waals surface area (Å²) < 4.78 is 1.63. The lowest BCUT2D eigenvalue weighted by Gasteiger charge is -2.14. The smallest absolute Gasteiger partial charge is 0.270 e. The summed E-state index contributed by atoms with van der Waals surface area (Å²) >= 11 is 5.36. The van der Waals surface area contributed by atoms with Gasteiger partial charge in [0.05, 0.1) is 11.5 Å². The van der Waals surface area contributed by atoms with Crippen molar-refractivity contribution in [3.63, 3.8) is 0 Å². The number of nitro benzene ring substituents is 1. The summed E-state index contributed by atoms with van der Waals surface area (Å²) in [7, 11) is 0. The minimum atomic E-state index is -0.803. The second-order valence-electron chi connectivity index (χ2n) is 5.28. The number of nitrogens with zero attached hydrogens (tertiary/aromatic N) is 2. The van der Waals surface area contributed by atoms with Crippen molar-refractivity contribution in [2.45, 2.75) is 19.6 Å². The van der Waals surface area contributed by atoms with Crippen LogP contribution in [0.3, 0.4) is 0 Å². The van der Waals surface area contributed by atoms with Crippen molar-refractivity contribution in [1.29, 1.82) is 0 Å². The Balaban J connectivity index is 2.41. The summed E-state index contributed by atoms with van der Waals surface area (Å²) in [5.41, 5.74) is 0.873. The van der Waals surface area contributed by atoms with Crippen molar-refractivity contribution in [1.82, 2.24) is 5.32 Å². The zero-order valence-electron chi connectivity index (χ0n) is 13.6. The number of hydrogen-bond acceptors (Lipinski definition) is 5. The number of carbonyl (C=O) groups is 1. The fourth-order valence-corrected chi connectivity index (χ4v) is 2.74. The van der Waals surface area contributed by atoms with E-state index in [1.165, 1.54) is 24.3 Å². The molecule has 0 saturated heterocycles. The molecule has 0 aliphatic rings. The Morgan fingerprint density at radius 1 is 1.36 bits per heavy atom. The van der Waals surface area contributed by atoms with Crippen molar-refractivity contribution in [2.75, 3.05) is 6.54 Å². The van der Waals surface area contributed by atoms with Gasteiger partial charge in [-0.2, -0.15) is 4.57 Å². The molecule has 0 bridgehead atoms. The summed E-state index contributed by atoms with van der Waals surface area (Å²) in [6.07, 6.45) is 3.34. The molecule has 2 aromatic rings. The average Bonchev–Trinajstić information content (AvgIpc) is 2.62. The Labute approximate surface area is 150 Å². The van der Waals surface area contributed by atoms with E-state index in [4.69, 9.17) is 12.2 Å². The average molecular weight is 360 g/mol. The highest BCUT2D eigenvalue weighted by Crippen LogP contribution is 2.16. The van der Waals surface area contributed by atoms with E-state index < -0.39 is 11.0 Å². The molecule has 0 spiro atoms. The number of rotatable bonds is 7. The topological polar surface area (TPSA) is 96.3 Å². The first-order chi connectivity index (χ1) is 12.0. The number of non-ortho nitro benzene ring substituents is 1. The van der Waals surface area contributed by atoms with Crippen molar-refractivity contribution in [3.05, 3.63) is 70.0 Å². The number of aromatic nitrogens is 1. The third-order valence-corrected chi connectivity index (χ3v) is 3.94. The molecule has 1 aromatic carbocycles. The van der Waals surface area contributed by atoms with Gasteiger partial charge in [-0.15, -0.1) is 0 Å². The van der Waals surface area contributed by atoms with Gasteiger partial charge in [-0.3, -0.25) is 14.9 Å². The maximum absolute atomic E-state index is 13.0. The van der Waals surface area contributed by atoms with Crippen LogP contribution in [0, 0.1) is 10.1 Å². The lowest BCUT2D eigenvalue weighted by atomic mass is 10.0. The normalized spacial score (nSPS) is 11.6. The predicted octanol–water partition coefficient (Wildman–Crippen LogP) is 1.74. The monoisotopic (exact) mass is 360 g/mol. The van der Waals surface area contributed by atoms with Gasteiger partial charge in [0.1, 0.15) is 0 Å². The number of ketones is 1. The minimum Gasteiger partial charge on any atom is -0.391 e. The third kappa shape index (κ3) is 4.43. The fourth-order valence-electron chi connectivity index (χ4n) is 2.36. The molecule has 0 saturated carbocycles. The van der Waals surface area contributed by atoms with E-state index in [2.05, 4.69) is 5.32 Å². The van der Waals surface area contributed by atoms with Crippen LogP contribution in [0.15, 0.2) is 48.8 Å². The molecule has 2 rings (SSSR count). The molecule has 25 heavy (non-hydrogen) atoms. The molecule has 1 aromatic heterocycles. The fraction of sp³-hybridized carbons (Fsp3) is 0.235. The van der Waals surface area contributed by atoms with E-state index in [0.717, 1.165) is 0 Å². The van der Waals surface area contributed by atoms with Crippen LogP contribution in [-0.2, 0) is 6.61 Å². The minimum absolute atomic E-state index is 0.0858. The number of thiocarbonyl (C=S) groups is 1. The van der Waals surface area contributed by atoms with Crippen molar-refractivity contribution < 1.29 is 19.4 Å². The van der Waals surface area contributed by atoms with E-state index >= 15 is 0 Å². The molecule has 2 N–H and O–H groups in total. The molecule has 1 heterocycles. The quantitative estimate of drug-likeness (QED) is 0.257. The molecule has 0 radical (unpaired) electrons. The molecule has 1 unspecified atom stereocenters. The molecule has 130 valence electrons. The summed E-state index contributed by atoms with van der Waals surface area (Å²) in [5.74, 6) is -0.291. The zero-order valence-corrected chi connectivity index (χ0v) is 14.4. The summed E-state index contributed by atoms with van der Waals surface area (Å²) in [4.78, 5) is 23.5. The van der Waals surface area contributed by atoms with E-state index in [1.807, 2.05) is 6.92 Å². The van der Waals surface area contributed by atoms with Gasteiger partial charge in [-0.1, -0.05) is 12.2 Å². The first kappa shape index (κ1) is 18.6. The molecule has 8 heteroatoms. The number of Topliss-reactive ketones (excluding diaryl/α,β-unsaturated/α-hetero) is 1. The molecular weight excluding hydrogens is 342 g/mol. The van der Waals surface area contributed by atoms with E-state index in [9.17, 15) is 20.0 Å². The van der Waals surface area contributed by atoms with Crippen LogP contribution in [0.2, 0.25) is 0 Å².